The van der Waals surface area contributed by atoms with E-state index in [-0.39, 0.29) is 6.10 Å². The number of aliphatic hydroxyl groups excluding tert-OH is 1. The largest absolute Gasteiger partial charge is 0.392 e. The van der Waals surface area contributed by atoms with Crippen LogP contribution in [0.25, 0.3) is 0 Å². The van der Waals surface area contributed by atoms with Crippen molar-refractivity contribution in [2.45, 2.75) is 44.0 Å². The van der Waals surface area contributed by atoms with Crippen molar-refractivity contribution < 1.29 is 5.11 Å². The molecule has 1 aromatic carbocycles. The average Bonchev–Trinajstić information content (AvgIpc) is 2.87. The molecule has 21 heavy (non-hydrogen) atoms. The van der Waals surface area contributed by atoms with Crippen molar-refractivity contribution in [2.24, 2.45) is 0 Å². The lowest BCUT2D eigenvalue weighted by Crippen LogP contribution is -2.43. The number of benzene rings is 1. The molecule has 2 saturated heterocycles. The lowest BCUT2D eigenvalue weighted by molar-refractivity contribution is 0.172. The quantitative estimate of drug-likeness (QED) is 0.873. The fourth-order valence-electron chi connectivity index (χ4n) is 3.39. The van der Waals surface area contributed by atoms with E-state index in [1.807, 2.05) is 0 Å². The Morgan fingerprint density at radius 1 is 1.29 bits per heavy atom. The predicted octanol–water partition coefficient (Wildman–Crippen LogP) is 2.11. The van der Waals surface area contributed by atoms with E-state index < -0.39 is 0 Å². The number of thioether (sulfide) groups is 1. The second-order valence-electron chi connectivity index (χ2n) is 6.28. The van der Waals surface area contributed by atoms with E-state index in [0.29, 0.717) is 12.1 Å². The van der Waals surface area contributed by atoms with Gasteiger partial charge in [0.15, 0.2) is 0 Å². The van der Waals surface area contributed by atoms with Gasteiger partial charge in [-0.25, -0.2) is 0 Å². The first-order valence-electron chi connectivity index (χ1n) is 8.08. The van der Waals surface area contributed by atoms with Crippen LogP contribution < -0.4 is 5.32 Å². The molecule has 0 radical (unpaired) electrons. The highest BCUT2D eigenvalue weighted by molar-refractivity contribution is 7.99. The molecule has 2 heterocycles. The smallest absolute Gasteiger partial charge is 0.0682 e. The molecular weight excluding hydrogens is 280 g/mol. The molecule has 0 spiro atoms. The number of likely N-dealkylation sites (tertiary alicyclic amines) is 1. The molecule has 0 aliphatic carbocycles. The zero-order valence-electron chi connectivity index (χ0n) is 12.6. The molecule has 3 nitrogen and oxygen atoms in total. The molecule has 2 aliphatic rings. The average molecular weight is 306 g/mol. The van der Waals surface area contributed by atoms with Crippen LogP contribution in [0, 0.1) is 0 Å². The van der Waals surface area contributed by atoms with Crippen LogP contribution in [-0.4, -0.2) is 52.8 Å². The third-order valence-electron chi connectivity index (χ3n) is 4.54. The van der Waals surface area contributed by atoms with Gasteiger partial charge in [0.1, 0.15) is 0 Å². The van der Waals surface area contributed by atoms with Gasteiger partial charge in [-0.15, -0.1) is 0 Å². The van der Waals surface area contributed by atoms with Gasteiger partial charge in [0, 0.05) is 37.5 Å². The fourth-order valence-corrected chi connectivity index (χ4v) is 4.49. The van der Waals surface area contributed by atoms with Crippen molar-refractivity contribution >= 4 is 11.8 Å². The maximum absolute atomic E-state index is 10.0. The van der Waals surface area contributed by atoms with Crippen molar-refractivity contribution in [2.75, 3.05) is 24.6 Å². The summed E-state index contributed by atoms with van der Waals surface area (Å²) in [6.45, 7) is 2.76. The number of hydrogen-bond donors (Lipinski definition) is 2. The third-order valence-corrected chi connectivity index (χ3v) is 5.75. The molecule has 116 valence electrons. The molecule has 0 bridgehead atoms. The van der Waals surface area contributed by atoms with Crippen molar-refractivity contribution in [3.8, 4) is 0 Å². The Morgan fingerprint density at radius 3 is 2.90 bits per heavy atom. The van der Waals surface area contributed by atoms with Crippen LogP contribution in [-0.2, 0) is 6.54 Å². The molecule has 2 N–H and O–H groups in total. The first-order valence-corrected chi connectivity index (χ1v) is 9.24. The number of hydrogen-bond acceptors (Lipinski definition) is 4. The third kappa shape index (κ3) is 4.46. The Kier molecular flexibility index (Phi) is 5.58. The van der Waals surface area contributed by atoms with Crippen LogP contribution in [0.4, 0.5) is 0 Å². The van der Waals surface area contributed by atoms with Crippen LogP contribution in [0.5, 0.6) is 0 Å². The van der Waals surface area contributed by atoms with Gasteiger partial charge in [-0.3, -0.25) is 4.90 Å². The Labute approximate surface area is 132 Å². The second-order valence-corrected chi connectivity index (χ2v) is 7.43. The number of rotatable bonds is 5. The van der Waals surface area contributed by atoms with Gasteiger partial charge in [0.05, 0.1) is 6.10 Å². The maximum Gasteiger partial charge on any atom is 0.0682 e. The molecule has 0 aromatic heterocycles. The minimum absolute atomic E-state index is 0.166. The molecule has 0 amide bonds. The predicted molar refractivity (Wildman–Crippen MR) is 89.6 cm³/mol. The van der Waals surface area contributed by atoms with Gasteiger partial charge in [0.2, 0.25) is 0 Å². The molecular formula is C17H26N2OS. The number of β-amino-alcohol motifs (C(OH)–C–C–N with tert-alkyl or cyclic N) is 1. The molecule has 2 fully saturated rings. The standard InChI is InChI=1S/C17H26N2OS/c20-17-9-16(10-18-15-7-4-8-21-13-15)19(12-17)11-14-5-2-1-3-6-14/h1-3,5-6,15-18,20H,4,7-13H2/t15-,16+,17+/m0/s1. The normalized spacial score (nSPS) is 30.6. The Hall–Kier alpha value is -0.550. The first kappa shape index (κ1) is 15.3. The maximum atomic E-state index is 10.0. The van der Waals surface area contributed by atoms with Gasteiger partial charge >= 0.3 is 0 Å². The topological polar surface area (TPSA) is 35.5 Å². The van der Waals surface area contributed by atoms with Crippen LogP contribution in [0.2, 0.25) is 0 Å². The zero-order valence-corrected chi connectivity index (χ0v) is 13.4. The molecule has 0 unspecified atom stereocenters. The van der Waals surface area contributed by atoms with E-state index in [0.717, 1.165) is 26.1 Å². The Balaban J connectivity index is 1.52. The van der Waals surface area contributed by atoms with E-state index in [2.05, 4.69) is 52.3 Å². The Morgan fingerprint density at radius 2 is 2.14 bits per heavy atom. The first-order chi connectivity index (χ1) is 10.3. The lowest BCUT2D eigenvalue weighted by atomic mass is 10.1. The highest BCUT2D eigenvalue weighted by atomic mass is 32.2. The molecule has 4 heteroatoms. The van der Waals surface area contributed by atoms with Crippen LogP contribution in [0.15, 0.2) is 30.3 Å². The summed E-state index contributed by atoms with van der Waals surface area (Å²) in [6.07, 6.45) is 3.38. The Bertz CT molecular complexity index is 422. The number of nitrogens with zero attached hydrogens (tertiary/aromatic N) is 1. The van der Waals surface area contributed by atoms with Gasteiger partial charge < -0.3 is 10.4 Å². The zero-order chi connectivity index (χ0) is 14.5. The number of nitrogens with one attached hydrogen (secondary N) is 1. The van der Waals surface area contributed by atoms with Crippen molar-refractivity contribution in [1.82, 2.24) is 10.2 Å². The van der Waals surface area contributed by atoms with Gasteiger partial charge in [-0.2, -0.15) is 11.8 Å². The van der Waals surface area contributed by atoms with E-state index in [9.17, 15) is 5.11 Å². The summed E-state index contributed by atoms with van der Waals surface area (Å²) >= 11 is 2.06. The van der Waals surface area contributed by atoms with Crippen LogP contribution >= 0.6 is 11.8 Å². The lowest BCUT2D eigenvalue weighted by Gasteiger charge is -2.28. The molecule has 3 rings (SSSR count). The van der Waals surface area contributed by atoms with Crippen molar-refractivity contribution in [3.05, 3.63) is 35.9 Å². The fraction of sp³-hybridized carbons (Fsp3) is 0.647. The minimum Gasteiger partial charge on any atom is -0.392 e. The summed E-state index contributed by atoms with van der Waals surface area (Å²) in [5, 5.41) is 13.7. The SMILES string of the molecule is O[C@@H]1C[C@H](CN[C@H]2CCCSC2)N(Cc2ccccc2)C1. The van der Waals surface area contributed by atoms with E-state index >= 15 is 0 Å². The van der Waals surface area contributed by atoms with E-state index in [1.54, 1.807) is 0 Å². The van der Waals surface area contributed by atoms with Gasteiger partial charge in [-0.1, -0.05) is 30.3 Å². The summed E-state index contributed by atoms with van der Waals surface area (Å²) in [5.74, 6) is 2.56. The summed E-state index contributed by atoms with van der Waals surface area (Å²) < 4.78 is 0. The van der Waals surface area contributed by atoms with Crippen LogP contribution in [0.1, 0.15) is 24.8 Å². The van der Waals surface area contributed by atoms with Gasteiger partial charge in [0.25, 0.3) is 0 Å². The monoisotopic (exact) mass is 306 g/mol. The van der Waals surface area contributed by atoms with Crippen molar-refractivity contribution in [1.29, 1.82) is 0 Å². The summed E-state index contributed by atoms with van der Waals surface area (Å²) in [5.41, 5.74) is 1.34. The molecule has 3 atom stereocenters. The summed E-state index contributed by atoms with van der Waals surface area (Å²) in [6, 6.07) is 11.7. The van der Waals surface area contributed by atoms with E-state index in [4.69, 9.17) is 0 Å². The summed E-state index contributed by atoms with van der Waals surface area (Å²) in [4.78, 5) is 2.43. The number of aliphatic hydroxyl groups is 1. The molecule has 0 saturated carbocycles. The van der Waals surface area contributed by atoms with Crippen molar-refractivity contribution in [3.63, 3.8) is 0 Å². The summed E-state index contributed by atoms with van der Waals surface area (Å²) in [7, 11) is 0. The minimum atomic E-state index is -0.166. The van der Waals surface area contributed by atoms with Crippen LogP contribution in [0.3, 0.4) is 0 Å². The van der Waals surface area contributed by atoms with Gasteiger partial charge in [-0.05, 0) is 30.6 Å². The van der Waals surface area contributed by atoms with E-state index in [1.165, 1.54) is 29.9 Å². The second kappa shape index (κ2) is 7.63. The molecule has 2 aliphatic heterocycles. The highest BCUT2D eigenvalue weighted by Crippen LogP contribution is 2.22. The molecule has 1 aromatic rings. The highest BCUT2D eigenvalue weighted by Gasteiger charge is 2.31.